The second kappa shape index (κ2) is 6.62. The highest BCUT2D eigenvalue weighted by Gasteiger charge is 2.14. The molecule has 1 saturated heterocycles. The van der Waals surface area contributed by atoms with Gasteiger partial charge in [-0.05, 0) is 37.4 Å². The minimum Gasteiger partial charge on any atom is -0.496 e. The van der Waals surface area contributed by atoms with Crippen molar-refractivity contribution in [1.82, 2.24) is 5.32 Å². The number of benzene rings is 1. The van der Waals surface area contributed by atoms with E-state index in [0.29, 0.717) is 6.10 Å². The molecule has 1 aliphatic heterocycles. The highest BCUT2D eigenvalue weighted by atomic mass is 16.5. The molecule has 2 rings (SSSR count). The predicted molar refractivity (Wildman–Crippen MR) is 68.5 cm³/mol. The van der Waals surface area contributed by atoms with Gasteiger partial charge in [0.1, 0.15) is 5.75 Å². The van der Waals surface area contributed by atoms with Gasteiger partial charge in [-0.15, -0.1) is 0 Å². The highest BCUT2D eigenvalue weighted by Crippen LogP contribution is 2.17. The van der Waals surface area contributed by atoms with Crippen LogP contribution in [0.1, 0.15) is 18.4 Å². The highest BCUT2D eigenvalue weighted by molar-refractivity contribution is 5.33. The Kier molecular flexibility index (Phi) is 4.83. The van der Waals surface area contributed by atoms with Gasteiger partial charge in [-0.3, -0.25) is 0 Å². The molecule has 1 aromatic carbocycles. The topological polar surface area (TPSA) is 30.5 Å². The van der Waals surface area contributed by atoms with Gasteiger partial charge in [0.25, 0.3) is 0 Å². The van der Waals surface area contributed by atoms with E-state index in [2.05, 4.69) is 17.4 Å². The third-order valence-electron chi connectivity index (χ3n) is 3.16. The van der Waals surface area contributed by atoms with E-state index in [1.165, 1.54) is 18.4 Å². The molecule has 1 aliphatic rings. The molecule has 0 amide bonds. The lowest BCUT2D eigenvalue weighted by Crippen LogP contribution is -2.27. The molecule has 94 valence electrons. The zero-order valence-corrected chi connectivity index (χ0v) is 10.4. The second-order valence-corrected chi connectivity index (χ2v) is 4.40. The van der Waals surface area contributed by atoms with Crippen molar-refractivity contribution in [2.45, 2.75) is 25.4 Å². The first kappa shape index (κ1) is 12.4. The second-order valence-electron chi connectivity index (χ2n) is 4.40. The van der Waals surface area contributed by atoms with Crippen LogP contribution in [-0.4, -0.2) is 32.9 Å². The number of hydrogen-bond acceptors (Lipinski definition) is 3. The van der Waals surface area contributed by atoms with E-state index in [9.17, 15) is 0 Å². The van der Waals surface area contributed by atoms with Crippen molar-refractivity contribution >= 4 is 0 Å². The Morgan fingerprint density at radius 1 is 1.41 bits per heavy atom. The first-order valence-electron chi connectivity index (χ1n) is 6.34. The van der Waals surface area contributed by atoms with Crippen molar-refractivity contribution in [3.63, 3.8) is 0 Å². The Balaban J connectivity index is 1.70. The maximum absolute atomic E-state index is 5.56. The molecule has 1 heterocycles. The molecule has 0 saturated carbocycles. The van der Waals surface area contributed by atoms with E-state index in [4.69, 9.17) is 9.47 Å². The smallest absolute Gasteiger partial charge is 0.122 e. The standard InChI is InChI=1S/C14H21NO2/c1-16-14-7-3-2-5-12(14)8-9-15-11-13-6-4-10-17-13/h2-3,5,7,13,15H,4,6,8-11H2,1H3. The molecule has 1 unspecified atom stereocenters. The molecule has 0 radical (unpaired) electrons. The van der Waals surface area contributed by atoms with Crippen molar-refractivity contribution in [2.75, 3.05) is 26.8 Å². The van der Waals surface area contributed by atoms with Gasteiger partial charge in [-0.1, -0.05) is 18.2 Å². The number of ether oxygens (including phenoxy) is 2. The zero-order chi connectivity index (χ0) is 11.9. The number of rotatable bonds is 6. The fourth-order valence-corrected chi connectivity index (χ4v) is 2.20. The van der Waals surface area contributed by atoms with Crippen molar-refractivity contribution in [1.29, 1.82) is 0 Å². The van der Waals surface area contributed by atoms with Crippen LogP contribution in [0, 0.1) is 0 Å². The monoisotopic (exact) mass is 235 g/mol. The molecule has 3 nitrogen and oxygen atoms in total. The van der Waals surface area contributed by atoms with Gasteiger partial charge < -0.3 is 14.8 Å². The molecule has 0 aliphatic carbocycles. The number of hydrogen-bond donors (Lipinski definition) is 1. The van der Waals surface area contributed by atoms with Crippen LogP contribution in [-0.2, 0) is 11.2 Å². The Bertz CT molecular complexity index is 335. The average molecular weight is 235 g/mol. The largest absolute Gasteiger partial charge is 0.496 e. The van der Waals surface area contributed by atoms with Crippen molar-refractivity contribution in [3.8, 4) is 5.75 Å². The SMILES string of the molecule is COc1ccccc1CCNCC1CCCO1. The lowest BCUT2D eigenvalue weighted by atomic mass is 10.1. The van der Waals surface area contributed by atoms with Crippen LogP contribution in [0.15, 0.2) is 24.3 Å². The molecule has 0 spiro atoms. The number of nitrogens with one attached hydrogen (secondary N) is 1. The normalized spacial score (nSPS) is 19.5. The van der Waals surface area contributed by atoms with Gasteiger partial charge in [-0.25, -0.2) is 0 Å². The summed E-state index contributed by atoms with van der Waals surface area (Å²) in [7, 11) is 1.72. The van der Waals surface area contributed by atoms with E-state index in [1.807, 2.05) is 12.1 Å². The first-order valence-corrected chi connectivity index (χ1v) is 6.34. The van der Waals surface area contributed by atoms with Gasteiger partial charge in [0.05, 0.1) is 13.2 Å². The molecule has 1 aromatic rings. The van der Waals surface area contributed by atoms with Crippen LogP contribution in [0.4, 0.5) is 0 Å². The van der Waals surface area contributed by atoms with E-state index in [-0.39, 0.29) is 0 Å². The fraction of sp³-hybridized carbons (Fsp3) is 0.571. The van der Waals surface area contributed by atoms with E-state index >= 15 is 0 Å². The minimum atomic E-state index is 0.424. The Hall–Kier alpha value is -1.06. The van der Waals surface area contributed by atoms with Crippen molar-refractivity contribution in [2.24, 2.45) is 0 Å². The average Bonchev–Trinajstić information content (AvgIpc) is 2.88. The summed E-state index contributed by atoms with van der Waals surface area (Å²) in [5.74, 6) is 0.978. The van der Waals surface area contributed by atoms with Gasteiger partial charge in [0.2, 0.25) is 0 Å². The van der Waals surface area contributed by atoms with Crippen molar-refractivity contribution < 1.29 is 9.47 Å². The third-order valence-corrected chi connectivity index (χ3v) is 3.16. The lowest BCUT2D eigenvalue weighted by Gasteiger charge is -2.12. The predicted octanol–water partition coefficient (Wildman–Crippen LogP) is 2.01. The summed E-state index contributed by atoms with van der Waals surface area (Å²) in [5, 5.41) is 3.45. The maximum atomic E-state index is 5.56. The molecule has 17 heavy (non-hydrogen) atoms. The van der Waals surface area contributed by atoms with E-state index < -0.39 is 0 Å². The van der Waals surface area contributed by atoms with E-state index in [1.54, 1.807) is 7.11 Å². The van der Waals surface area contributed by atoms with Gasteiger partial charge in [-0.2, -0.15) is 0 Å². The molecular weight excluding hydrogens is 214 g/mol. The minimum absolute atomic E-state index is 0.424. The molecule has 0 aromatic heterocycles. The first-order chi connectivity index (χ1) is 8.40. The number of methoxy groups -OCH3 is 1. The summed E-state index contributed by atoms with van der Waals surface area (Å²) in [6, 6.07) is 8.18. The third kappa shape index (κ3) is 3.72. The molecule has 1 atom stereocenters. The molecular formula is C14H21NO2. The maximum Gasteiger partial charge on any atom is 0.122 e. The van der Waals surface area contributed by atoms with E-state index in [0.717, 1.165) is 31.9 Å². The van der Waals surface area contributed by atoms with Crippen LogP contribution in [0.3, 0.4) is 0 Å². The fourth-order valence-electron chi connectivity index (χ4n) is 2.20. The van der Waals surface area contributed by atoms with Gasteiger partial charge >= 0.3 is 0 Å². The number of para-hydroxylation sites is 1. The molecule has 3 heteroatoms. The molecule has 0 bridgehead atoms. The summed E-state index contributed by atoms with van der Waals surface area (Å²) < 4.78 is 10.9. The molecule has 1 N–H and O–H groups in total. The summed E-state index contributed by atoms with van der Waals surface area (Å²) in [4.78, 5) is 0. The quantitative estimate of drug-likeness (QED) is 0.765. The van der Waals surface area contributed by atoms with Crippen LogP contribution >= 0.6 is 0 Å². The van der Waals surface area contributed by atoms with Crippen LogP contribution < -0.4 is 10.1 Å². The zero-order valence-electron chi connectivity index (χ0n) is 10.4. The lowest BCUT2D eigenvalue weighted by molar-refractivity contribution is 0.110. The Morgan fingerprint density at radius 3 is 3.06 bits per heavy atom. The summed E-state index contributed by atoms with van der Waals surface area (Å²) in [6.45, 7) is 2.87. The Morgan fingerprint density at radius 2 is 2.29 bits per heavy atom. The van der Waals surface area contributed by atoms with Crippen molar-refractivity contribution in [3.05, 3.63) is 29.8 Å². The van der Waals surface area contributed by atoms with Crippen LogP contribution in [0.2, 0.25) is 0 Å². The summed E-state index contributed by atoms with van der Waals surface area (Å²) in [5.41, 5.74) is 1.26. The van der Waals surface area contributed by atoms with Crippen LogP contribution in [0.5, 0.6) is 5.75 Å². The van der Waals surface area contributed by atoms with Gasteiger partial charge in [0, 0.05) is 13.2 Å². The summed E-state index contributed by atoms with van der Waals surface area (Å²) in [6.07, 6.45) is 3.82. The Labute approximate surface area is 103 Å². The molecule has 1 fully saturated rings. The van der Waals surface area contributed by atoms with Gasteiger partial charge in [0.15, 0.2) is 0 Å². The summed E-state index contributed by atoms with van der Waals surface area (Å²) >= 11 is 0. The van der Waals surface area contributed by atoms with Crippen LogP contribution in [0.25, 0.3) is 0 Å².